The van der Waals surface area contributed by atoms with Gasteiger partial charge < -0.3 is 9.64 Å². The van der Waals surface area contributed by atoms with E-state index >= 15 is 0 Å². The van der Waals surface area contributed by atoms with Crippen molar-refractivity contribution >= 4 is 23.4 Å². The van der Waals surface area contributed by atoms with E-state index in [1.165, 1.54) is 12.1 Å². The fourth-order valence-electron chi connectivity index (χ4n) is 2.19. The molecule has 6 nitrogen and oxygen atoms in total. The Morgan fingerprint density at radius 3 is 2.31 bits per heavy atom. The van der Waals surface area contributed by atoms with Gasteiger partial charge in [0.25, 0.3) is 11.8 Å². The van der Waals surface area contributed by atoms with E-state index in [1.807, 2.05) is 7.05 Å². The van der Waals surface area contributed by atoms with Crippen molar-refractivity contribution in [3.05, 3.63) is 64.9 Å². The Labute approximate surface area is 155 Å². The number of hydrazine groups is 1. The van der Waals surface area contributed by atoms with Gasteiger partial charge in [-0.2, -0.15) is 0 Å². The van der Waals surface area contributed by atoms with Gasteiger partial charge in [-0.05, 0) is 36.4 Å². The molecule has 1 unspecified atom stereocenters. The van der Waals surface area contributed by atoms with Gasteiger partial charge in [-0.25, -0.2) is 4.39 Å². The van der Waals surface area contributed by atoms with E-state index in [0.717, 1.165) is 10.5 Å². The number of carbonyl (C=O) groups excluding carboxylic acids is 2. The maximum atomic E-state index is 12.9. The number of amides is 2. The Balaban J connectivity index is 1.66. The molecule has 0 bridgehead atoms. The van der Waals surface area contributed by atoms with Crippen LogP contribution < -0.4 is 20.5 Å². The first-order valence-corrected chi connectivity index (χ1v) is 8.32. The first-order chi connectivity index (χ1) is 12.4. The summed E-state index contributed by atoms with van der Waals surface area (Å²) in [5.41, 5.74) is 5.54. The number of likely N-dealkylation sites (N-methyl/N-ethyl adjacent to an activating group) is 1. The largest absolute Gasteiger partial charge is 0.484 e. The first kappa shape index (κ1) is 19.7. The summed E-state index contributed by atoms with van der Waals surface area (Å²) in [7, 11) is 1.83. The Morgan fingerprint density at radius 2 is 1.65 bits per heavy atom. The third kappa shape index (κ3) is 7.08. The van der Waals surface area contributed by atoms with Gasteiger partial charge in [0.1, 0.15) is 18.1 Å². The number of ether oxygens (including phenoxy) is 1. The number of carbonyl (C=O) groups is 2. The molecule has 0 heterocycles. The van der Waals surface area contributed by atoms with Crippen LogP contribution in [0.4, 0.5) is 4.39 Å². The topological polar surface area (TPSA) is 71.9 Å². The van der Waals surface area contributed by atoms with Gasteiger partial charge in [0, 0.05) is 10.6 Å². The van der Waals surface area contributed by atoms with E-state index in [9.17, 15) is 14.0 Å². The zero-order valence-corrected chi connectivity index (χ0v) is 15.0. The minimum Gasteiger partial charge on any atom is -0.484 e. The number of benzene rings is 2. The highest BCUT2D eigenvalue weighted by molar-refractivity contribution is 6.30. The maximum Gasteiger partial charge on any atom is 0.293 e. The number of nitrogens with one attached hydrogen (secondary N) is 3. The summed E-state index contributed by atoms with van der Waals surface area (Å²) in [5.74, 6) is -0.624. The molecule has 0 saturated heterocycles. The summed E-state index contributed by atoms with van der Waals surface area (Å²) in [6, 6.07) is 12.7. The highest BCUT2D eigenvalue weighted by Crippen LogP contribution is 2.15. The van der Waals surface area contributed by atoms with E-state index in [2.05, 4.69) is 10.9 Å². The third-order valence-corrected chi connectivity index (χ3v) is 3.66. The number of rotatable bonds is 7. The van der Waals surface area contributed by atoms with Crippen molar-refractivity contribution in [1.29, 1.82) is 0 Å². The normalized spacial score (nSPS) is 11.5. The molecular formula is C18H20ClFN3O3+. The van der Waals surface area contributed by atoms with Gasteiger partial charge in [-0.15, -0.1) is 0 Å². The van der Waals surface area contributed by atoms with Crippen molar-refractivity contribution in [3.8, 4) is 5.75 Å². The molecule has 2 aromatic rings. The monoisotopic (exact) mass is 380 g/mol. The minimum absolute atomic E-state index is 0.149. The van der Waals surface area contributed by atoms with E-state index in [0.29, 0.717) is 17.3 Å². The van der Waals surface area contributed by atoms with Gasteiger partial charge in [0.05, 0.1) is 7.05 Å². The Morgan fingerprint density at radius 1 is 1.04 bits per heavy atom. The van der Waals surface area contributed by atoms with Gasteiger partial charge in [-0.1, -0.05) is 23.7 Å². The van der Waals surface area contributed by atoms with Crippen molar-refractivity contribution in [2.45, 2.75) is 6.54 Å². The lowest BCUT2D eigenvalue weighted by Crippen LogP contribution is -3.09. The fourth-order valence-corrected chi connectivity index (χ4v) is 2.31. The van der Waals surface area contributed by atoms with Gasteiger partial charge in [0.2, 0.25) is 0 Å². The molecule has 0 aliphatic rings. The lowest BCUT2D eigenvalue weighted by molar-refractivity contribution is -0.885. The van der Waals surface area contributed by atoms with E-state index in [-0.39, 0.29) is 24.9 Å². The number of hydrogen-bond donors (Lipinski definition) is 3. The fraction of sp³-hybridized carbons (Fsp3) is 0.222. The molecule has 0 radical (unpaired) electrons. The molecule has 0 aliphatic carbocycles. The summed E-state index contributed by atoms with van der Waals surface area (Å²) in [6.07, 6.45) is 0. The molecule has 1 atom stereocenters. The average Bonchev–Trinajstić information content (AvgIpc) is 2.61. The quantitative estimate of drug-likeness (QED) is 0.620. The molecule has 2 aromatic carbocycles. The predicted molar refractivity (Wildman–Crippen MR) is 95.1 cm³/mol. The van der Waals surface area contributed by atoms with Gasteiger partial charge >= 0.3 is 0 Å². The summed E-state index contributed by atoms with van der Waals surface area (Å²) in [4.78, 5) is 24.4. The average molecular weight is 381 g/mol. The highest BCUT2D eigenvalue weighted by Gasteiger charge is 2.12. The van der Waals surface area contributed by atoms with Crippen LogP contribution in [0.3, 0.4) is 0 Å². The van der Waals surface area contributed by atoms with Gasteiger partial charge in [-0.3, -0.25) is 20.4 Å². The Hall–Kier alpha value is -2.64. The van der Waals surface area contributed by atoms with E-state index < -0.39 is 5.91 Å². The summed E-state index contributed by atoms with van der Waals surface area (Å²) in [6.45, 7) is 0.469. The second-order valence-corrected chi connectivity index (χ2v) is 6.21. The molecule has 0 saturated carbocycles. The van der Waals surface area contributed by atoms with Crippen LogP contribution in [0.25, 0.3) is 0 Å². The second kappa shape index (κ2) is 9.74. The van der Waals surface area contributed by atoms with Crippen LogP contribution in [0.15, 0.2) is 48.5 Å². The second-order valence-electron chi connectivity index (χ2n) is 5.78. The van der Waals surface area contributed by atoms with Crippen LogP contribution >= 0.6 is 11.6 Å². The molecule has 138 valence electrons. The predicted octanol–water partition coefficient (Wildman–Crippen LogP) is 0.720. The lowest BCUT2D eigenvalue weighted by atomic mass is 10.2. The summed E-state index contributed by atoms with van der Waals surface area (Å²) in [5, 5.41) is 0.571. The number of hydrogen-bond acceptors (Lipinski definition) is 3. The molecule has 0 aliphatic heterocycles. The molecule has 26 heavy (non-hydrogen) atoms. The molecule has 0 fully saturated rings. The standard InChI is InChI=1S/C18H19ClFN3O3/c1-23(10-13-2-6-15(20)7-3-13)11-17(24)21-22-18(25)12-26-16-8-4-14(19)5-9-16/h2-9H,10-12H2,1H3,(H,21,24)(H,22,25)/p+1. The van der Waals surface area contributed by atoms with Crippen molar-refractivity contribution in [2.24, 2.45) is 0 Å². The number of quaternary nitrogens is 1. The molecular weight excluding hydrogens is 361 g/mol. The molecule has 2 amide bonds. The Bertz CT molecular complexity index is 738. The smallest absolute Gasteiger partial charge is 0.293 e. The maximum absolute atomic E-state index is 12.9. The lowest BCUT2D eigenvalue weighted by Gasteiger charge is -2.14. The van der Waals surface area contributed by atoms with E-state index in [4.69, 9.17) is 16.3 Å². The molecule has 0 aromatic heterocycles. The zero-order chi connectivity index (χ0) is 18.9. The van der Waals surface area contributed by atoms with Crippen LogP contribution in [-0.4, -0.2) is 32.0 Å². The summed E-state index contributed by atoms with van der Waals surface area (Å²) >= 11 is 5.76. The number of halogens is 2. The third-order valence-electron chi connectivity index (χ3n) is 3.41. The minimum atomic E-state index is -0.482. The molecule has 2 rings (SSSR count). The van der Waals surface area contributed by atoms with Crippen LogP contribution in [0.1, 0.15) is 5.56 Å². The van der Waals surface area contributed by atoms with Crippen LogP contribution in [0.2, 0.25) is 5.02 Å². The van der Waals surface area contributed by atoms with Crippen molar-refractivity contribution in [2.75, 3.05) is 20.2 Å². The molecule has 3 N–H and O–H groups in total. The van der Waals surface area contributed by atoms with Crippen LogP contribution in [-0.2, 0) is 16.1 Å². The molecule has 8 heteroatoms. The highest BCUT2D eigenvalue weighted by atomic mass is 35.5. The van der Waals surface area contributed by atoms with Crippen LogP contribution in [0, 0.1) is 5.82 Å². The van der Waals surface area contributed by atoms with Crippen LogP contribution in [0.5, 0.6) is 5.75 Å². The van der Waals surface area contributed by atoms with Crippen molar-refractivity contribution < 1.29 is 23.6 Å². The van der Waals surface area contributed by atoms with Crippen molar-refractivity contribution in [1.82, 2.24) is 10.9 Å². The van der Waals surface area contributed by atoms with E-state index in [1.54, 1.807) is 36.4 Å². The molecule has 0 spiro atoms. The SMILES string of the molecule is C[NH+](CC(=O)NNC(=O)COc1ccc(Cl)cc1)Cc1ccc(F)cc1. The van der Waals surface area contributed by atoms with Gasteiger partial charge in [0.15, 0.2) is 13.2 Å². The zero-order valence-electron chi connectivity index (χ0n) is 14.2. The summed E-state index contributed by atoms with van der Waals surface area (Å²) < 4.78 is 18.1. The Kier molecular flexibility index (Phi) is 7.37. The van der Waals surface area contributed by atoms with Crippen molar-refractivity contribution in [3.63, 3.8) is 0 Å². The first-order valence-electron chi connectivity index (χ1n) is 7.94.